The third kappa shape index (κ3) is 3.71. The van der Waals surface area contributed by atoms with E-state index in [-0.39, 0.29) is 6.04 Å². The van der Waals surface area contributed by atoms with Gasteiger partial charge in [-0.05, 0) is 46.1 Å². The van der Waals surface area contributed by atoms with Crippen molar-refractivity contribution >= 4 is 0 Å². The molecule has 0 amide bonds. The van der Waals surface area contributed by atoms with Gasteiger partial charge >= 0.3 is 0 Å². The summed E-state index contributed by atoms with van der Waals surface area (Å²) >= 11 is 0. The molecule has 2 heterocycles. The maximum Gasteiger partial charge on any atom is 0.133 e. The first-order valence-electron chi connectivity index (χ1n) is 6.99. The van der Waals surface area contributed by atoms with Crippen molar-refractivity contribution in [3.8, 4) is 0 Å². The molecule has 0 spiro atoms. The highest BCUT2D eigenvalue weighted by Crippen LogP contribution is 2.21. The zero-order chi connectivity index (χ0) is 14.5. The average Bonchev–Trinajstić information content (AvgIpc) is 3.05. The van der Waals surface area contributed by atoms with Gasteiger partial charge in [0, 0.05) is 25.5 Å². The van der Waals surface area contributed by atoms with E-state index in [0.29, 0.717) is 6.04 Å². The molecule has 2 atom stereocenters. The number of aryl methyl sites for hydroxylation is 1. The number of aromatic nitrogens is 2. The molecule has 0 aromatic carbocycles. The van der Waals surface area contributed by atoms with Gasteiger partial charge in [0.05, 0.1) is 6.26 Å². The summed E-state index contributed by atoms with van der Waals surface area (Å²) in [5, 5.41) is 3.61. The number of imidazole rings is 1. The third-order valence-corrected chi connectivity index (χ3v) is 3.40. The Kier molecular flexibility index (Phi) is 4.98. The number of hydrogen-bond acceptors (Lipinski definition) is 4. The summed E-state index contributed by atoms with van der Waals surface area (Å²) in [7, 11) is 6.19. The molecule has 0 saturated carbocycles. The van der Waals surface area contributed by atoms with Gasteiger partial charge in [-0.2, -0.15) is 0 Å². The van der Waals surface area contributed by atoms with E-state index in [1.54, 1.807) is 6.26 Å². The molecular formula is C15H24N4O. The van der Waals surface area contributed by atoms with E-state index in [2.05, 4.69) is 36.2 Å². The monoisotopic (exact) mass is 276 g/mol. The van der Waals surface area contributed by atoms with Crippen LogP contribution in [0, 0.1) is 0 Å². The van der Waals surface area contributed by atoms with Crippen LogP contribution in [-0.4, -0.2) is 41.1 Å². The zero-order valence-corrected chi connectivity index (χ0v) is 12.7. The Hall–Kier alpha value is -1.59. The van der Waals surface area contributed by atoms with Crippen LogP contribution < -0.4 is 5.32 Å². The summed E-state index contributed by atoms with van der Waals surface area (Å²) in [6.07, 6.45) is 6.56. The first kappa shape index (κ1) is 14.8. The lowest BCUT2D eigenvalue weighted by Crippen LogP contribution is -2.34. The molecule has 0 fully saturated rings. The van der Waals surface area contributed by atoms with Crippen LogP contribution in [-0.2, 0) is 7.05 Å². The second kappa shape index (κ2) is 6.72. The van der Waals surface area contributed by atoms with Crippen LogP contribution in [0.2, 0.25) is 0 Å². The first-order chi connectivity index (χ1) is 9.58. The molecule has 110 valence electrons. The lowest BCUT2D eigenvalue weighted by molar-refractivity contribution is 0.340. The number of furan rings is 1. The molecule has 2 unspecified atom stereocenters. The van der Waals surface area contributed by atoms with E-state index >= 15 is 0 Å². The smallest absolute Gasteiger partial charge is 0.133 e. The van der Waals surface area contributed by atoms with Crippen molar-refractivity contribution in [3.63, 3.8) is 0 Å². The first-order valence-corrected chi connectivity index (χ1v) is 6.99. The Bertz CT molecular complexity index is 504. The van der Waals surface area contributed by atoms with Gasteiger partial charge in [-0.15, -0.1) is 0 Å². The van der Waals surface area contributed by atoms with Crippen LogP contribution >= 0.6 is 0 Å². The molecule has 2 aromatic rings. The highest BCUT2D eigenvalue weighted by Gasteiger charge is 2.22. The van der Waals surface area contributed by atoms with Crippen LogP contribution in [0.3, 0.4) is 0 Å². The average molecular weight is 276 g/mol. The molecule has 0 bridgehead atoms. The van der Waals surface area contributed by atoms with E-state index in [1.807, 2.05) is 36.1 Å². The predicted molar refractivity (Wildman–Crippen MR) is 79.5 cm³/mol. The van der Waals surface area contributed by atoms with E-state index in [9.17, 15) is 0 Å². The quantitative estimate of drug-likeness (QED) is 0.840. The Balaban J connectivity index is 2.10. The lowest BCUT2D eigenvalue weighted by Gasteiger charge is -2.22. The van der Waals surface area contributed by atoms with Gasteiger partial charge in [-0.1, -0.05) is 0 Å². The summed E-state index contributed by atoms with van der Waals surface area (Å²) in [4.78, 5) is 6.65. The van der Waals surface area contributed by atoms with Crippen molar-refractivity contribution in [1.29, 1.82) is 0 Å². The standard InChI is InChI=1S/C15H24N4O/c1-12(7-9-18(2)3)17-14(13-6-5-11-20-13)15-16-8-10-19(15)4/h5-6,8,10-12,14,17H,7,9H2,1-4H3. The number of nitrogens with one attached hydrogen (secondary N) is 1. The number of nitrogens with zero attached hydrogens (tertiary/aromatic N) is 3. The highest BCUT2D eigenvalue weighted by molar-refractivity contribution is 5.16. The molecule has 0 aliphatic heterocycles. The van der Waals surface area contributed by atoms with Crippen molar-refractivity contribution in [3.05, 3.63) is 42.4 Å². The second-order valence-corrected chi connectivity index (χ2v) is 5.50. The van der Waals surface area contributed by atoms with E-state index < -0.39 is 0 Å². The fraction of sp³-hybridized carbons (Fsp3) is 0.533. The second-order valence-electron chi connectivity index (χ2n) is 5.50. The molecule has 0 radical (unpaired) electrons. The largest absolute Gasteiger partial charge is 0.467 e. The minimum Gasteiger partial charge on any atom is -0.467 e. The van der Waals surface area contributed by atoms with Crippen LogP contribution in [0.4, 0.5) is 0 Å². The van der Waals surface area contributed by atoms with E-state index in [0.717, 1.165) is 24.6 Å². The van der Waals surface area contributed by atoms with Gasteiger partial charge in [0.15, 0.2) is 0 Å². The van der Waals surface area contributed by atoms with E-state index in [1.165, 1.54) is 0 Å². The molecule has 5 nitrogen and oxygen atoms in total. The van der Waals surface area contributed by atoms with Gasteiger partial charge in [-0.3, -0.25) is 5.32 Å². The van der Waals surface area contributed by atoms with Crippen LogP contribution in [0.15, 0.2) is 35.2 Å². The van der Waals surface area contributed by atoms with Crippen molar-refractivity contribution in [2.24, 2.45) is 7.05 Å². The van der Waals surface area contributed by atoms with Crippen molar-refractivity contribution in [1.82, 2.24) is 19.8 Å². The lowest BCUT2D eigenvalue weighted by atomic mass is 10.1. The van der Waals surface area contributed by atoms with Crippen LogP contribution in [0.5, 0.6) is 0 Å². The Labute approximate surface area is 120 Å². The topological polar surface area (TPSA) is 46.2 Å². The van der Waals surface area contributed by atoms with Crippen LogP contribution in [0.1, 0.15) is 31.0 Å². The normalized spacial score (nSPS) is 14.7. The Morgan fingerprint density at radius 3 is 2.80 bits per heavy atom. The van der Waals surface area contributed by atoms with Gasteiger partial charge in [0.1, 0.15) is 17.6 Å². The molecule has 0 aliphatic carbocycles. The minimum atomic E-state index is -0.0119. The summed E-state index contributed by atoms with van der Waals surface area (Å²) in [5.74, 6) is 1.87. The summed E-state index contributed by atoms with van der Waals surface area (Å²) < 4.78 is 7.60. The van der Waals surface area contributed by atoms with Crippen molar-refractivity contribution in [2.75, 3.05) is 20.6 Å². The summed E-state index contributed by atoms with van der Waals surface area (Å²) in [5.41, 5.74) is 0. The fourth-order valence-electron chi connectivity index (χ4n) is 2.21. The Morgan fingerprint density at radius 1 is 1.45 bits per heavy atom. The molecular weight excluding hydrogens is 252 g/mol. The molecule has 0 aliphatic rings. The fourth-order valence-corrected chi connectivity index (χ4v) is 2.21. The van der Waals surface area contributed by atoms with Gasteiger partial charge in [0.25, 0.3) is 0 Å². The van der Waals surface area contributed by atoms with Crippen molar-refractivity contribution in [2.45, 2.75) is 25.4 Å². The molecule has 20 heavy (non-hydrogen) atoms. The molecule has 2 aromatic heterocycles. The zero-order valence-electron chi connectivity index (χ0n) is 12.7. The summed E-state index contributed by atoms with van der Waals surface area (Å²) in [6.45, 7) is 3.25. The SMILES string of the molecule is CC(CCN(C)C)NC(c1ccco1)c1nccn1C. The number of rotatable bonds is 7. The maximum absolute atomic E-state index is 5.57. The van der Waals surface area contributed by atoms with Crippen LogP contribution in [0.25, 0.3) is 0 Å². The third-order valence-electron chi connectivity index (χ3n) is 3.40. The number of hydrogen-bond donors (Lipinski definition) is 1. The van der Waals surface area contributed by atoms with Gasteiger partial charge in [0.2, 0.25) is 0 Å². The Morgan fingerprint density at radius 2 is 2.25 bits per heavy atom. The summed E-state index contributed by atoms with van der Waals surface area (Å²) in [6, 6.07) is 4.27. The van der Waals surface area contributed by atoms with Crippen molar-refractivity contribution < 1.29 is 4.42 Å². The maximum atomic E-state index is 5.57. The highest BCUT2D eigenvalue weighted by atomic mass is 16.3. The molecule has 1 N–H and O–H groups in total. The minimum absolute atomic E-state index is 0.0119. The molecule has 0 saturated heterocycles. The van der Waals surface area contributed by atoms with E-state index in [4.69, 9.17) is 4.42 Å². The molecule has 5 heteroatoms. The van der Waals surface area contributed by atoms with Gasteiger partial charge in [-0.25, -0.2) is 4.98 Å². The van der Waals surface area contributed by atoms with Gasteiger partial charge < -0.3 is 13.9 Å². The molecule has 2 rings (SSSR count). The predicted octanol–water partition coefficient (Wildman–Crippen LogP) is 2.03.